The van der Waals surface area contributed by atoms with E-state index in [4.69, 9.17) is 8.85 Å². The van der Waals surface area contributed by atoms with E-state index >= 15 is 0 Å². The van der Waals surface area contributed by atoms with Gasteiger partial charge >= 0.3 is 0 Å². The third-order valence-electron chi connectivity index (χ3n) is 7.75. The van der Waals surface area contributed by atoms with E-state index < -0.39 is 16.6 Å². The first-order chi connectivity index (χ1) is 17.2. The van der Waals surface area contributed by atoms with E-state index in [0.717, 1.165) is 22.7 Å². The zero-order valence-corrected chi connectivity index (χ0v) is 27.8. The van der Waals surface area contributed by atoms with Crippen molar-refractivity contribution in [1.29, 1.82) is 0 Å². The maximum Gasteiger partial charge on any atom is 0.184 e. The van der Waals surface area contributed by atoms with Crippen molar-refractivity contribution >= 4 is 38.3 Å². The summed E-state index contributed by atoms with van der Waals surface area (Å²) in [5.74, 6) is 1.09. The Morgan fingerprint density at radius 2 is 1.00 bits per heavy atom. The molecule has 198 valence electrons. The quantitative estimate of drug-likeness (QED) is 0.276. The van der Waals surface area contributed by atoms with E-state index in [1.807, 2.05) is 0 Å². The number of aryl methyl sites for hydroxylation is 2. The third kappa shape index (κ3) is 6.56. The van der Waals surface area contributed by atoms with Crippen LogP contribution in [0.5, 0.6) is 0 Å². The molecule has 0 spiro atoms. The molecule has 2 nitrogen and oxygen atoms in total. The van der Waals surface area contributed by atoms with E-state index in [0.29, 0.717) is 11.8 Å². The van der Waals surface area contributed by atoms with E-state index in [1.165, 1.54) is 56.6 Å². The minimum atomic E-state index is -1.55. The first kappa shape index (κ1) is 28.5. The van der Waals surface area contributed by atoms with Gasteiger partial charge in [0.05, 0.1) is 13.2 Å². The van der Waals surface area contributed by atoms with Gasteiger partial charge in [-0.3, -0.25) is 0 Å². The van der Waals surface area contributed by atoms with Crippen LogP contribution in [-0.2, 0) is 22.1 Å². The van der Waals surface area contributed by atoms with Crippen molar-refractivity contribution in [3.63, 3.8) is 0 Å². The Morgan fingerprint density at radius 1 is 0.622 bits per heavy atom. The Hall–Kier alpha value is -1.51. The molecule has 2 aliphatic carbocycles. The van der Waals surface area contributed by atoms with Gasteiger partial charge in [0.15, 0.2) is 16.6 Å². The largest absolute Gasteiger partial charge is 0.413 e. The summed E-state index contributed by atoms with van der Waals surface area (Å²) in [7, 11) is -2.16. The summed E-state index contributed by atoms with van der Waals surface area (Å²) < 4.78 is 12.6. The van der Waals surface area contributed by atoms with Crippen molar-refractivity contribution in [2.75, 3.05) is 0 Å². The highest BCUT2D eigenvalue weighted by Crippen LogP contribution is 2.45. The normalized spacial score (nSPS) is 19.1. The van der Waals surface area contributed by atoms with Crippen molar-refractivity contribution in [1.82, 2.24) is 0 Å². The highest BCUT2D eigenvalue weighted by atomic mass is 28.4. The van der Waals surface area contributed by atoms with E-state index in [1.54, 1.807) is 11.1 Å². The summed E-state index contributed by atoms with van der Waals surface area (Å²) in [6.07, 6.45) is 4.90. The Balaban J connectivity index is 1.48. The zero-order chi connectivity index (χ0) is 27.1. The second-order valence-electron chi connectivity index (χ2n) is 13.1. The molecule has 2 aromatic rings. The molecule has 2 aromatic carbocycles. The standard InChI is InChI=1S/C32H46O2Si3/c1-21-11-13-25(17-33-36(5,6)7)27-15-23(3)29(31(21)27)19-35-20-30-24(4)16-28-26(18-34-37(8,9)10)14-12-22(2)32(28)30/h11-16,29-30H,17-20H2,1-10H3. The van der Waals surface area contributed by atoms with Crippen molar-refractivity contribution in [2.45, 2.75) is 104 Å². The fraction of sp³-hybridized carbons (Fsp3) is 0.500. The number of hydrogen-bond donors (Lipinski definition) is 0. The first-order valence-electron chi connectivity index (χ1n) is 13.8. The SMILES string of the molecule is CC1=Cc2c(CO[Si](C)(C)C)ccc(C)c2C1C[Si]CC1C(C)=Cc2c(CO[Si](C)(C)C)ccc(C)c21. The van der Waals surface area contributed by atoms with Gasteiger partial charge in [-0.2, -0.15) is 0 Å². The smallest absolute Gasteiger partial charge is 0.184 e. The van der Waals surface area contributed by atoms with Gasteiger partial charge in [0, 0.05) is 21.4 Å². The summed E-state index contributed by atoms with van der Waals surface area (Å²) in [6.45, 7) is 24.4. The zero-order valence-electron chi connectivity index (χ0n) is 24.8. The van der Waals surface area contributed by atoms with Gasteiger partial charge in [-0.1, -0.05) is 59.7 Å². The summed E-state index contributed by atoms with van der Waals surface area (Å²) in [4.78, 5) is 0. The summed E-state index contributed by atoms with van der Waals surface area (Å²) in [6, 6.07) is 11.7. The Kier molecular flexibility index (Phi) is 8.42. The molecule has 37 heavy (non-hydrogen) atoms. The van der Waals surface area contributed by atoms with Crippen molar-refractivity contribution in [3.8, 4) is 0 Å². The van der Waals surface area contributed by atoms with Crippen LogP contribution in [0.3, 0.4) is 0 Å². The molecule has 4 rings (SSSR count). The van der Waals surface area contributed by atoms with Gasteiger partial charge in [0.25, 0.3) is 0 Å². The minimum absolute atomic E-state index is 0.544. The van der Waals surface area contributed by atoms with Crippen molar-refractivity contribution in [3.05, 3.63) is 79.9 Å². The summed E-state index contributed by atoms with van der Waals surface area (Å²) in [5, 5.41) is 0. The maximum absolute atomic E-state index is 6.30. The second-order valence-corrected chi connectivity index (χ2v) is 23.4. The molecule has 0 heterocycles. The molecule has 0 bridgehead atoms. The molecule has 2 atom stereocenters. The predicted molar refractivity (Wildman–Crippen MR) is 167 cm³/mol. The van der Waals surface area contributed by atoms with Gasteiger partial charge < -0.3 is 8.85 Å². The molecule has 5 heteroatoms. The molecular formula is C32H46O2Si3. The number of fused-ring (bicyclic) bond motifs is 2. The topological polar surface area (TPSA) is 18.5 Å². The van der Waals surface area contributed by atoms with Crippen LogP contribution in [0.1, 0.15) is 70.2 Å². The van der Waals surface area contributed by atoms with Gasteiger partial charge in [0.2, 0.25) is 0 Å². The van der Waals surface area contributed by atoms with Crippen molar-refractivity contribution in [2.24, 2.45) is 0 Å². The molecule has 0 N–H and O–H groups in total. The molecule has 2 unspecified atom stereocenters. The highest BCUT2D eigenvalue weighted by molar-refractivity contribution is 6.70. The molecule has 0 saturated heterocycles. The van der Waals surface area contributed by atoms with E-state index in [9.17, 15) is 0 Å². The van der Waals surface area contributed by atoms with Crippen LogP contribution >= 0.6 is 0 Å². The van der Waals surface area contributed by atoms with E-state index in [-0.39, 0.29) is 0 Å². The molecule has 0 aromatic heterocycles. The number of rotatable bonds is 10. The molecule has 0 saturated carbocycles. The third-order valence-corrected chi connectivity index (χ3v) is 11.2. The number of hydrogen-bond acceptors (Lipinski definition) is 2. The molecule has 0 fully saturated rings. The Bertz CT molecular complexity index is 1130. The fourth-order valence-corrected chi connectivity index (χ4v) is 8.67. The van der Waals surface area contributed by atoms with Crippen LogP contribution in [0.4, 0.5) is 0 Å². The lowest BCUT2D eigenvalue weighted by atomic mass is 9.92. The van der Waals surface area contributed by atoms with E-state index in [2.05, 4.69) is 103 Å². The van der Waals surface area contributed by atoms with Gasteiger partial charge in [0.1, 0.15) is 0 Å². The van der Waals surface area contributed by atoms with Crippen LogP contribution in [0, 0.1) is 13.8 Å². The summed E-state index contributed by atoms with van der Waals surface area (Å²) in [5.41, 5.74) is 14.6. The van der Waals surface area contributed by atoms with Gasteiger partial charge in [-0.05, 0) is 111 Å². The van der Waals surface area contributed by atoms with Crippen molar-refractivity contribution < 1.29 is 8.85 Å². The highest BCUT2D eigenvalue weighted by Gasteiger charge is 2.30. The predicted octanol–water partition coefficient (Wildman–Crippen LogP) is 9.25. The van der Waals surface area contributed by atoms with Gasteiger partial charge in [-0.25, -0.2) is 0 Å². The summed E-state index contributed by atoms with van der Waals surface area (Å²) >= 11 is 0. The Morgan fingerprint density at radius 3 is 1.35 bits per heavy atom. The lowest BCUT2D eigenvalue weighted by molar-refractivity contribution is 0.299. The lowest BCUT2D eigenvalue weighted by Gasteiger charge is -2.22. The van der Waals surface area contributed by atoms with Crippen LogP contribution in [-0.4, -0.2) is 26.2 Å². The average molecular weight is 547 g/mol. The fourth-order valence-electron chi connectivity index (χ4n) is 5.70. The molecule has 2 aliphatic rings. The van der Waals surface area contributed by atoms with Gasteiger partial charge in [-0.15, -0.1) is 0 Å². The van der Waals surface area contributed by atoms with Crippen LogP contribution in [0.2, 0.25) is 51.4 Å². The van der Waals surface area contributed by atoms with Crippen LogP contribution in [0.15, 0.2) is 35.4 Å². The van der Waals surface area contributed by atoms with Crippen LogP contribution in [0.25, 0.3) is 12.2 Å². The lowest BCUT2D eigenvalue weighted by Crippen LogP contribution is -2.25. The monoisotopic (exact) mass is 546 g/mol. The molecular weight excluding hydrogens is 501 g/mol. The molecule has 2 radical (unpaired) electrons. The first-order valence-corrected chi connectivity index (χ1v) is 22.1. The molecule has 0 aliphatic heterocycles. The number of allylic oxidation sites excluding steroid dienone is 2. The van der Waals surface area contributed by atoms with Crippen LogP contribution < -0.4 is 0 Å². The maximum atomic E-state index is 6.30. The molecule has 0 amide bonds. The second kappa shape index (κ2) is 10.9. The number of benzene rings is 2. The Labute approximate surface area is 230 Å². The minimum Gasteiger partial charge on any atom is -0.413 e. The average Bonchev–Trinajstić information content (AvgIpc) is 3.29.